The summed E-state index contributed by atoms with van der Waals surface area (Å²) in [5, 5.41) is 2.91. The van der Waals surface area contributed by atoms with Gasteiger partial charge in [0.15, 0.2) is 0 Å². The van der Waals surface area contributed by atoms with Gasteiger partial charge in [-0.25, -0.2) is 0 Å². The average Bonchev–Trinajstić information content (AvgIpc) is 2.71. The summed E-state index contributed by atoms with van der Waals surface area (Å²) in [7, 11) is 0. The third-order valence-electron chi connectivity index (χ3n) is 4.90. The number of aryl methyl sites for hydroxylation is 2. The molecule has 0 spiro atoms. The van der Waals surface area contributed by atoms with E-state index in [2.05, 4.69) is 30.4 Å². The SMILES string of the molecule is CCCNC(=O)C(C)N(Cc1cccc(C)c1)C(=O)CSCc1ccccc1C. The summed E-state index contributed by atoms with van der Waals surface area (Å²) in [5.41, 5.74) is 4.66. The van der Waals surface area contributed by atoms with Crippen LogP contribution in [0.4, 0.5) is 0 Å². The van der Waals surface area contributed by atoms with Gasteiger partial charge in [0.05, 0.1) is 5.75 Å². The van der Waals surface area contributed by atoms with Gasteiger partial charge in [0.2, 0.25) is 11.8 Å². The lowest BCUT2D eigenvalue weighted by Gasteiger charge is -2.29. The van der Waals surface area contributed by atoms with Gasteiger partial charge in [-0.1, -0.05) is 61.0 Å². The van der Waals surface area contributed by atoms with Gasteiger partial charge in [0.1, 0.15) is 6.04 Å². The molecule has 29 heavy (non-hydrogen) atoms. The highest BCUT2D eigenvalue weighted by Crippen LogP contribution is 2.18. The van der Waals surface area contributed by atoms with Crippen LogP contribution in [0.25, 0.3) is 0 Å². The number of amides is 2. The van der Waals surface area contributed by atoms with Crippen molar-refractivity contribution in [1.29, 1.82) is 0 Å². The van der Waals surface area contributed by atoms with Crippen LogP contribution in [0.2, 0.25) is 0 Å². The summed E-state index contributed by atoms with van der Waals surface area (Å²) in [6, 6.07) is 15.8. The molecule has 1 N–H and O–H groups in total. The first-order valence-electron chi connectivity index (χ1n) is 10.2. The molecule has 2 aromatic rings. The molecule has 0 radical (unpaired) electrons. The number of thioether (sulfide) groups is 1. The molecule has 1 atom stereocenters. The van der Waals surface area contributed by atoms with Crippen LogP contribution in [0.1, 0.15) is 42.5 Å². The normalized spacial score (nSPS) is 11.7. The minimum Gasteiger partial charge on any atom is -0.354 e. The Morgan fingerprint density at radius 1 is 1.10 bits per heavy atom. The zero-order valence-electron chi connectivity index (χ0n) is 17.9. The highest BCUT2D eigenvalue weighted by atomic mass is 32.2. The number of carbonyl (C=O) groups excluding carboxylic acids is 2. The zero-order chi connectivity index (χ0) is 21.2. The fraction of sp³-hybridized carbons (Fsp3) is 0.417. The number of hydrogen-bond acceptors (Lipinski definition) is 3. The molecule has 0 bridgehead atoms. The van der Waals surface area contributed by atoms with Crippen molar-refractivity contribution in [3.05, 3.63) is 70.8 Å². The summed E-state index contributed by atoms with van der Waals surface area (Å²) in [6.07, 6.45) is 0.872. The highest BCUT2D eigenvalue weighted by Gasteiger charge is 2.25. The van der Waals surface area contributed by atoms with Crippen LogP contribution < -0.4 is 5.32 Å². The second-order valence-corrected chi connectivity index (χ2v) is 8.38. The third-order valence-corrected chi connectivity index (χ3v) is 5.86. The Morgan fingerprint density at radius 3 is 2.55 bits per heavy atom. The maximum Gasteiger partial charge on any atom is 0.242 e. The summed E-state index contributed by atoms with van der Waals surface area (Å²) in [5.74, 6) is 1.03. The molecule has 0 aliphatic heterocycles. The maximum atomic E-state index is 13.1. The van der Waals surface area contributed by atoms with E-state index in [1.165, 1.54) is 11.1 Å². The van der Waals surface area contributed by atoms with E-state index in [0.29, 0.717) is 18.8 Å². The van der Waals surface area contributed by atoms with Gasteiger partial charge >= 0.3 is 0 Å². The van der Waals surface area contributed by atoms with E-state index in [9.17, 15) is 9.59 Å². The quantitative estimate of drug-likeness (QED) is 0.626. The minimum atomic E-state index is -0.506. The summed E-state index contributed by atoms with van der Waals surface area (Å²) in [4.78, 5) is 27.3. The molecule has 2 rings (SSSR count). The fourth-order valence-corrected chi connectivity index (χ4v) is 4.08. The third kappa shape index (κ3) is 7.24. The van der Waals surface area contributed by atoms with E-state index >= 15 is 0 Å². The van der Waals surface area contributed by atoms with Crippen LogP contribution in [0, 0.1) is 13.8 Å². The van der Waals surface area contributed by atoms with E-state index in [-0.39, 0.29) is 11.8 Å². The molecule has 0 saturated heterocycles. The Labute approximate surface area is 179 Å². The van der Waals surface area contributed by atoms with Crippen molar-refractivity contribution in [3.63, 3.8) is 0 Å². The predicted octanol–water partition coefficient (Wildman–Crippen LogP) is 4.48. The first kappa shape index (κ1) is 23.0. The molecule has 0 aliphatic carbocycles. The van der Waals surface area contributed by atoms with Gasteiger partial charge in [-0.05, 0) is 43.9 Å². The van der Waals surface area contributed by atoms with Gasteiger partial charge in [0.25, 0.3) is 0 Å². The molecule has 2 amide bonds. The molecule has 4 nitrogen and oxygen atoms in total. The largest absolute Gasteiger partial charge is 0.354 e. The second kappa shape index (κ2) is 11.7. The number of hydrogen-bond donors (Lipinski definition) is 1. The smallest absolute Gasteiger partial charge is 0.242 e. The van der Waals surface area contributed by atoms with E-state index in [1.807, 2.05) is 51.1 Å². The van der Waals surface area contributed by atoms with Crippen molar-refractivity contribution in [1.82, 2.24) is 10.2 Å². The van der Waals surface area contributed by atoms with E-state index in [0.717, 1.165) is 23.3 Å². The lowest BCUT2D eigenvalue weighted by atomic mass is 10.1. The summed E-state index contributed by atoms with van der Waals surface area (Å²) in [6.45, 7) is 9.00. The van der Waals surface area contributed by atoms with Crippen molar-refractivity contribution in [2.75, 3.05) is 12.3 Å². The van der Waals surface area contributed by atoms with Crippen LogP contribution in [-0.2, 0) is 21.9 Å². The monoisotopic (exact) mass is 412 g/mol. The van der Waals surface area contributed by atoms with Gasteiger partial charge < -0.3 is 10.2 Å². The lowest BCUT2D eigenvalue weighted by molar-refractivity contribution is -0.138. The Morgan fingerprint density at radius 2 is 1.86 bits per heavy atom. The van der Waals surface area contributed by atoms with Crippen LogP contribution in [0.3, 0.4) is 0 Å². The fourth-order valence-electron chi connectivity index (χ4n) is 3.09. The number of nitrogens with zero attached hydrogens (tertiary/aromatic N) is 1. The first-order valence-corrected chi connectivity index (χ1v) is 11.3. The standard InChI is InChI=1S/C24H32N2O2S/c1-5-13-25-24(28)20(4)26(15-21-11-8-9-18(2)14-21)23(27)17-29-16-22-12-7-6-10-19(22)3/h6-12,14,20H,5,13,15-17H2,1-4H3,(H,25,28). The number of rotatable bonds is 10. The summed E-state index contributed by atoms with van der Waals surface area (Å²) < 4.78 is 0. The molecule has 0 aromatic heterocycles. The molecule has 2 aromatic carbocycles. The molecular formula is C24H32N2O2S. The maximum absolute atomic E-state index is 13.1. The van der Waals surface area contributed by atoms with Crippen LogP contribution in [0.15, 0.2) is 48.5 Å². The number of nitrogens with one attached hydrogen (secondary N) is 1. The van der Waals surface area contributed by atoms with Gasteiger partial charge in [-0.3, -0.25) is 9.59 Å². The molecule has 0 aliphatic rings. The first-order chi connectivity index (χ1) is 13.9. The van der Waals surface area contributed by atoms with Crippen molar-refractivity contribution >= 4 is 23.6 Å². The van der Waals surface area contributed by atoms with E-state index in [4.69, 9.17) is 0 Å². The van der Waals surface area contributed by atoms with Gasteiger partial charge in [0, 0.05) is 18.8 Å². The number of benzene rings is 2. The topological polar surface area (TPSA) is 49.4 Å². The van der Waals surface area contributed by atoms with Gasteiger partial charge in [-0.2, -0.15) is 0 Å². The average molecular weight is 413 g/mol. The molecule has 0 saturated carbocycles. The van der Waals surface area contributed by atoms with Crippen LogP contribution in [0.5, 0.6) is 0 Å². The summed E-state index contributed by atoms with van der Waals surface area (Å²) >= 11 is 1.59. The van der Waals surface area contributed by atoms with Crippen LogP contribution >= 0.6 is 11.8 Å². The number of carbonyl (C=O) groups is 2. The molecular weight excluding hydrogens is 380 g/mol. The van der Waals surface area contributed by atoms with Crippen molar-refractivity contribution in [2.45, 2.75) is 52.5 Å². The molecule has 1 unspecified atom stereocenters. The minimum absolute atomic E-state index is 0.00996. The lowest BCUT2D eigenvalue weighted by Crippen LogP contribution is -2.48. The molecule has 0 fully saturated rings. The van der Waals surface area contributed by atoms with Crippen LogP contribution in [-0.4, -0.2) is 35.1 Å². The Balaban J connectivity index is 2.07. The highest BCUT2D eigenvalue weighted by molar-refractivity contribution is 7.99. The van der Waals surface area contributed by atoms with E-state index in [1.54, 1.807) is 16.7 Å². The Kier molecular flexibility index (Phi) is 9.26. The van der Waals surface area contributed by atoms with Gasteiger partial charge in [-0.15, -0.1) is 11.8 Å². The van der Waals surface area contributed by atoms with Crippen molar-refractivity contribution < 1.29 is 9.59 Å². The van der Waals surface area contributed by atoms with Crippen molar-refractivity contribution in [3.8, 4) is 0 Å². The second-order valence-electron chi connectivity index (χ2n) is 7.40. The Hall–Kier alpha value is -2.27. The Bertz CT molecular complexity index is 822. The van der Waals surface area contributed by atoms with Crippen molar-refractivity contribution in [2.24, 2.45) is 0 Å². The molecule has 0 heterocycles. The molecule has 156 valence electrons. The predicted molar refractivity (Wildman–Crippen MR) is 122 cm³/mol. The molecule has 5 heteroatoms. The zero-order valence-corrected chi connectivity index (χ0v) is 18.7. The van der Waals surface area contributed by atoms with E-state index < -0.39 is 6.04 Å².